The van der Waals surface area contributed by atoms with Crippen LogP contribution in [0.5, 0.6) is 5.75 Å². The van der Waals surface area contributed by atoms with Crippen LogP contribution >= 0.6 is 43.3 Å². The van der Waals surface area contributed by atoms with Crippen molar-refractivity contribution in [2.75, 3.05) is 17.7 Å². The number of carbonyl (C=O) groups excluding carboxylic acids is 1. The number of nitrogens with two attached hydrogens (primary N) is 1. The molecule has 1 aromatic carbocycles. The Balaban J connectivity index is 0.00000320. The fourth-order valence-corrected chi connectivity index (χ4v) is 3.63. The van der Waals surface area contributed by atoms with E-state index < -0.39 is 19.3 Å². The van der Waals surface area contributed by atoms with Gasteiger partial charge in [0.2, 0.25) is 0 Å². The van der Waals surface area contributed by atoms with Crippen molar-refractivity contribution in [3.63, 3.8) is 0 Å². The molecule has 0 radical (unpaired) electrons. The zero-order valence-electron chi connectivity index (χ0n) is 15.8. The smallest absolute Gasteiger partial charge is 0.373 e. The Hall–Kier alpha value is -2.15. The summed E-state index contributed by atoms with van der Waals surface area (Å²) in [4.78, 5) is 30.0. The number of nitrogens with zero attached hydrogens (tertiary/aromatic N) is 3. The van der Waals surface area contributed by atoms with Gasteiger partial charge in [-0.15, -0.1) is 24.0 Å². The molecule has 3 aromatic rings. The first kappa shape index (κ1) is 24.1. The largest absolute Gasteiger partial charge is 0.423 e. The summed E-state index contributed by atoms with van der Waals surface area (Å²) in [6, 6.07) is 5.19. The molecule has 0 spiro atoms. The normalized spacial score (nSPS) is 12.5. The number of aromatic nitrogens is 3. The number of nitrogens with one attached hydrogen (secondary N) is 1. The molecule has 0 aliphatic heterocycles. The number of rotatable bonds is 6. The van der Waals surface area contributed by atoms with Crippen molar-refractivity contribution in [3.8, 4) is 5.75 Å². The summed E-state index contributed by atoms with van der Waals surface area (Å²) in [6.07, 6.45) is 4.50. The lowest BCUT2D eigenvalue weighted by molar-refractivity contribution is 0.102. The highest BCUT2D eigenvalue weighted by Crippen LogP contribution is 2.38. The summed E-state index contributed by atoms with van der Waals surface area (Å²) in [5.41, 5.74) is 5.85. The van der Waals surface area contributed by atoms with Crippen LogP contribution in [0.1, 0.15) is 10.4 Å². The Labute approximate surface area is 192 Å². The minimum absolute atomic E-state index is 0. The fourth-order valence-electron chi connectivity index (χ4n) is 2.28. The summed E-state index contributed by atoms with van der Waals surface area (Å²) in [5, 5.41) is 3.09. The predicted octanol–water partition coefficient (Wildman–Crippen LogP) is 3.75. The van der Waals surface area contributed by atoms with Crippen LogP contribution in [0.2, 0.25) is 0 Å². The molecule has 160 valence electrons. The number of benzene rings is 1. The number of aryl methyl sites for hydroxylation is 1. The number of carbonyl (C=O) groups is 1. The monoisotopic (exact) mass is 565 g/mol. The van der Waals surface area contributed by atoms with Gasteiger partial charge in [-0.3, -0.25) is 4.79 Å². The molecule has 0 fully saturated rings. The Morgan fingerprint density at radius 3 is 2.67 bits per heavy atom. The molecular weight excluding hydrogens is 547 g/mol. The van der Waals surface area contributed by atoms with Gasteiger partial charge in [-0.2, -0.15) is 0 Å². The summed E-state index contributed by atoms with van der Waals surface area (Å²) in [5.74, 6) is -0.923. The minimum Gasteiger partial charge on any atom is -0.423 e. The molecular formula is C17H18FIN5O4PS. The van der Waals surface area contributed by atoms with Gasteiger partial charge >= 0.3 is 7.60 Å². The maximum Gasteiger partial charge on any atom is 0.373 e. The van der Waals surface area contributed by atoms with Crippen LogP contribution in [0.3, 0.4) is 0 Å². The van der Waals surface area contributed by atoms with E-state index in [1.165, 1.54) is 24.4 Å². The molecule has 30 heavy (non-hydrogen) atoms. The summed E-state index contributed by atoms with van der Waals surface area (Å²) in [7, 11) is -1.94. The number of hydrogen-bond acceptors (Lipinski definition) is 7. The van der Waals surface area contributed by atoms with Crippen molar-refractivity contribution in [1.82, 2.24) is 14.5 Å². The molecule has 1 atom stereocenters. The third-order valence-electron chi connectivity index (χ3n) is 3.58. The molecule has 1 amide bonds. The number of amides is 1. The molecule has 2 heterocycles. The maximum absolute atomic E-state index is 14.3. The summed E-state index contributed by atoms with van der Waals surface area (Å²) >= 11 is 1.06. The first-order valence-electron chi connectivity index (χ1n) is 8.14. The summed E-state index contributed by atoms with van der Waals surface area (Å²) in [6.45, 7) is 1.04. The standard InChI is InChI=1S/C17H17FN5O4PS.HI/c1-23-6-5-20-17(23)29-14-7-11(13(19)8-12(14)18)16(24)22-15-4-3-10(9-21-15)27-28(2,25)26;/h3-9H,19H2,1-2H3,(H,25,26)(H,21,22,24);1H. The van der Waals surface area contributed by atoms with E-state index in [4.69, 9.17) is 10.3 Å². The van der Waals surface area contributed by atoms with Gasteiger partial charge in [-0.1, -0.05) is 0 Å². The second-order valence-electron chi connectivity index (χ2n) is 6.02. The van der Waals surface area contributed by atoms with Crippen LogP contribution in [-0.4, -0.2) is 32.0 Å². The van der Waals surface area contributed by atoms with Gasteiger partial charge in [0.1, 0.15) is 17.4 Å². The minimum atomic E-state index is -3.71. The Morgan fingerprint density at radius 1 is 1.37 bits per heavy atom. The van der Waals surface area contributed by atoms with Gasteiger partial charge in [0, 0.05) is 31.8 Å². The number of anilines is 2. The lowest BCUT2D eigenvalue weighted by Crippen LogP contribution is -2.15. The van der Waals surface area contributed by atoms with Crippen molar-refractivity contribution in [3.05, 3.63) is 54.2 Å². The van der Waals surface area contributed by atoms with E-state index in [0.717, 1.165) is 24.5 Å². The van der Waals surface area contributed by atoms with E-state index in [-0.39, 0.29) is 51.7 Å². The van der Waals surface area contributed by atoms with E-state index in [0.29, 0.717) is 5.16 Å². The average molecular weight is 565 g/mol. The lowest BCUT2D eigenvalue weighted by Gasteiger charge is -2.11. The number of pyridine rings is 1. The lowest BCUT2D eigenvalue weighted by atomic mass is 10.1. The molecule has 3 rings (SSSR count). The van der Waals surface area contributed by atoms with Gasteiger partial charge in [-0.25, -0.2) is 18.9 Å². The van der Waals surface area contributed by atoms with Crippen LogP contribution in [-0.2, 0) is 11.6 Å². The molecule has 13 heteroatoms. The van der Waals surface area contributed by atoms with E-state index in [2.05, 4.69) is 15.3 Å². The van der Waals surface area contributed by atoms with Crippen LogP contribution in [0, 0.1) is 5.82 Å². The highest BCUT2D eigenvalue weighted by atomic mass is 127. The zero-order valence-corrected chi connectivity index (χ0v) is 19.8. The van der Waals surface area contributed by atoms with Crippen LogP contribution in [0.15, 0.2) is 52.9 Å². The fraction of sp³-hybridized carbons (Fsp3) is 0.118. The predicted molar refractivity (Wildman–Crippen MR) is 122 cm³/mol. The van der Waals surface area contributed by atoms with Gasteiger partial charge < -0.3 is 25.0 Å². The van der Waals surface area contributed by atoms with Gasteiger partial charge in [0.25, 0.3) is 5.91 Å². The van der Waals surface area contributed by atoms with Crippen molar-refractivity contribution in [2.45, 2.75) is 10.1 Å². The number of halogens is 2. The quantitative estimate of drug-likeness (QED) is 0.234. The van der Waals surface area contributed by atoms with Crippen molar-refractivity contribution < 1.29 is 23.2 Å². The van der Waals surface area contributed by atoms with Crippen molar-refractivity contribution in [1.29, 1.82) is 0 Å². The second-order valence-corrected chi connectivity index (χ2v) is 8.82. The van der Waals surface area contributed by atoms with Gasteiger partial charge in [0.15, 0.2) is 5.16 Å². The third-order valence-corrected chi connectivity index (χ3v) is 5.24. The van der Waals surface area contributed by atoms with Crippen molar-refractivity contribution in [2.24, 2.45) is 7.05 Å². The molecule has 0 aliphatic carbocycles. The molecule has 1 unspecified atom stereocenters. The third kappa shape index (κ3) is 6.17. The van der Waals surface area contributed by atoms with Crippen LogP contribution < -0.4 is 15.6 Å². The number of imidazole rings is 1. The molecule has 0 saturated heterocycles. The van der Waals surface area contributed by atoms with E-state index >= 15 is 0 Å². The van der Waals surface area contributed by atoms with E-state index in [1.807, 2.05) is 0 Å². The topological polar surface area (TPSA) is 132 Å². The number of nitrogen functional groups attached to an aromatic ring is 1. The average Bonchev–Trinajstić information content (AvgIpc) is 3.02. The Kier molecular flexibility index (Phi) is 7.86. The SMILES string of the molecule is Cn1ccnc1Sc1cc(C(=O)Nc2ccc(OP(C)(=O)O)cn2)c(N)cc1F.I. The first-order valence-corrected chi connectivity index (χ1v) is 11.0. The van der Waals surface area contributed by atoms with Gasteiger partial charge in [-0.05, 0) is 36.0 Å². The van der Waals surface area contributed by atoms with Crippen LogP contribution in [0.25, 0.3) is 0 Å². The molecule has 9 nitrogen and oxygen atoms in total. The Morgan fingerprint density at radius 2 is 2.10 bits per heavy atom. The highest BCUT2D eigenvalue weighted by Gasteiger charge is 2.17. The molecule has 4 N–H and O–H groups in total. The van der Waals surface area contributed by atoms with E-state index in [9.17, 15) is 18.6 Å². The highest BCUT2D eigenvalue weighted by molar-refractivity contribution is 14.0. The molecule has 2 aromatic heterocycles. The molecule has 0 bridgehead atoms. The first-order chi connectivity index (χ1) is 13.6. The second kappa shape index (κ2) is 9.77. The van der Waals surface area contributed by atoms with E-state index in [1.54, 1.807) is 24.0 Å². The van der Waals surface area contributed by atoms with Crippen molar-refractivity contribution >= 4 is 60.7 Å². The van der Waals surface area contributed by atoms with Gasteiger partial charge in [0.05, 0.1) is 16.7 Å². The van der Waals surface area contributed by atoms with Crippen LogP contribution in [0.4, 0.5) is 15.9 Å². The molecule has 0 aliphatic rings. The number of hydrogen-bond donors (Lipinski definition) is 3. The zero-order chi connectivity index (χ0) is 21.2. The summed E-state index contributed by atoms with van der Waals surface area (Å²) < 4.78 is 32.1. The molecule has 0 saturated carbocycles. The Bertz CT molecular complexity index is 1110. The maximum atomic E-state index is 14.3.